The van der Waals surface area contributed by atoms with Crippen molar-refractivity contribution in [3.8, 4) is 0 Å². The van der Waals surface area contributed by atoms with Gasteiger partial charge in [0.25, 0.3) is 6.43 Å². The fourth-order valence-electron chi connectivity index (χ4n) is 1.83. The summed E-state index contributed by atoms with van der Waals surface area (Å²) in [5.74, 6) is -1.10. The molecular formula is C15H12ClF2NO2. The fraction of sp³-hybridized carbons (Fsp3) is 0.133. The molecule has 0 aliphatic rings. The first-order chi connectivity index (χ1) is 9.97. The second-order valence-corrected chi connectivity index (χ2v) is 4.83. The topological polar surface area (TPSA) is 49.3 Å². The van der Waals surface area contributed by atoms with Crippen LogP contribution in [0.5, 0.6) is 0 Å². The molecule has 2 N–H and O–H groups in total. The average molecular weight is 312 g/mol. The third-order valence-corrected chi connectivity index (χ3v) is 3.18. The zero-order valence-corrected chi connectivity index (χ0v) is 11.5. The summed E-state index contributed by atoms with van der Waals surface area (Å²) in [5.41, 5.74) is 0.820. The number of nitrogens with one attached hydrogen (secondary N) is 1. The number of halogens is 3. The molecule has 0 spiro atoms. The first kappa shape index (κ1) is 15.3. The molecule has 0 aromatic heterocycles. The summed E-state index contributed by atoms with van der Waals surface area (Å²) in [4.78, 5) is 11.4. The molecule has 0 radical (unpaired) electrons. The molecule has 1 atom stereocenters. The van der Waals surface area contributed by atoms with E-state index in [-0.39, 0.29) is 5.56 Å². The molecule has 3 nitrogen and oxygen atoms in total. The predicted molar refractivity (Wildman–Crippen MR) is 76.9 cm³/mol. The Morgan fingerprint density at radius 2 is 1.52 bits per heavy atom. The highest BCUT2D eigenvalue weighted by atomic mass is 35.5. The highest BCUT2D eigenvalue weighted by Crippen LogP contribution is 2.24. The molecule has 6 heteroatoms. The Hall–Kier alpha value is -2.14. The third-order valence-electron chi connectivity index (χ3n) is 2.92. The second kappa shape index (κ2) is 6.54. The first-order valence-corrected chi connectivity index (χ1v) is 6.48. The number of benzene rings is 2. The van der Waals surface area contributed by atoms with E-state index in [1.165, 1.54) is 24.3 Å². The van der Waals surface area contributed by atoms with Gasteiger partial charge in [-0.05, 0) is 29.8 Å². The molecule has 0 bridgehead atoms. The van der Waals surface area contributed by atoms with Gasteiger partial charge in [0.2, 0.25) is 0 Å². The molecule has 2 aromatic rings. The van der Waals surface area contributed by atoms with Gasteiger partial charge in [0, 0.05) is 16.3 Å². The number of alkyl halides is 2. The highest BCUT2D eigenvalue weighted by molar-refractivity contribution is 6.30. The molecule has 0 saturated heterocycles. The number of aliphatic carboxylic acids is 1. The van der Waals surface area contributed by atoms with Gasteiger partial charge in [0.15, 0.2) is 6.04 Å². The smallest absolute Gasteiger partial charge is 0.330 e. The molecule has 1 unspecified atom stereocenters. The number of hydrogen-bond donors (Lipinski definition) is 2. The zero-order chi connectivity index (χ0) is 15.4. The van der Waals surface area contributed by atoms with E-state index in [1.807, 2.05) is 0 Å². The molecule has 0 aliphatic carbocycles. The molecule has 0 saturated carbocycles. The molecular weight excluding hydrogens is 300 g/mol. The van der Waals surface area contributed by atoms with Crippen LogP contribution in [-0.4, -0.2) is 11.1 Å². The molecule has 2 aromatic carbocycles. The van der Waals surface area contributed by atoms with Crippen LogP contribution in [0.4, 0.5) is 14.5 Å². The van der Waals surface area contributed by atoms with E-state index in [1.54, 1.807) is 24.3 Å². The summed E-state index contributed by atoms with van der Waals surface area (Å²) in [6.45, 7) is 0. The Kier molecular flexibility index (Phi) is 4.75. The van der Waals surface area contributed by atoms with Crippen molar-refractivity contribution in [1.29, 1.82) is 0 Å². The number of hydrogen-bond acceptors (Lipinski definition) is 2. The largest absolute Gasteiger partial charge is 0.479 e. The van der Waals surface area contributed by atoms with Crippen LogP contribution in [0, 0.1) is 0 Å². The Bertz CT molecular complexity index is 615. The summed E-state index contributed by atoms with van der Waals surface area (Å²) in [6.07, 6.45) is -2.58. The van der Waals surface area contributed by atoms with Crippen LogP contribution >= 0.6 is 11.6 Å². The Morgan fingerprint density at radius 3 is 2.00 bits per heavy atom. The van der Waals surface area contributed by atoms with Crippen LogP contribution in [0.3, 0.4) is 0 Å². The minimum Gasteiger partial charge on any atom is -0.479 e. The Labute approximate surface area is 125 Å². The maximum Gasteiger partial charge on any atom is 0.330 e. The molecule has 0 heterocycles. The second-order valence-electron chi connectivity index (χ2n) is 4.39. The van der Waals surface area contributed by atoms with Crippen LogP contribution < -0.4 is 5.32 Å². The number of rotatable bonds is 5. The summed E-state index contributed by atoms with van der Waals surface area (Å²) in [7, 11) is 0. The van der Waals surface area contributed by atoms with E-state index < -0.39 is 18.4 Å². The van der Waals surface area contributed by atoms with Gasteiger partial charge in [0.1, 0.15) is 0 Å². The number of carboxylic acids is 1. The molecule has 110 valence electrons. The van der Waals surface area contributed by atoms with E-state index in [0.29, 0.717) is 16.3 Å². The number of carbonyl (C=O) groups is 1. The van der Waals surface area contributed by atoms with Crippen molar-refractivity contribution in [3.05, 3.63) is 64.7 Å². The quantitative estimate of drug-likeness (QED) is 0.853. The van der Waals surface area contributed by atoms with Gasteiger partial charge < -0.3 is 10.4 Å². The van der Waals surface area contributed by atoms with E-state index in [2.05, 4.69) is 5.32 Å². The Morgan fingerprint density at radius 1 is 1.00 bits per heavy atom. The van der Waals surface area contributed by atoms with Gasteiger partial charge in [-0.3, -0.25) is 0 Å². The van der Waals surface area contributed by atoms with Gasteiger partial charge >= 0.3 is 5.97 Å². The van der Waals surface area contributed by atoms with E-state index in [4.69, 9.17) is 11.6 Å². The lowest BCUT2D eigenvalue weighted by Gasteiger charge is -2.16. The van der Waals surface area contributed by atoms with Gasteiger partial charge in [-0.15, -0.1) is 0 Å². The van der Waals surface area contributed by atoms with Crippen LogP contribution in [0.1, 0.15) is 23.6 Å². The van der Waals surface area contributed by atoms with Crippen LogP contribution in [-0.2, 0) is 4.79 Å². The standard InChI is InChI=1S/C15H12ClF2NO2/c16-11-5-7-12(8-6-11)19-13(15(20)21)9-1-3-10(4-2-9)14(17)18/h1-8,13-14,19H,(H,20,21). The maximum absolute atomic E-state index is 12.5. The summed E-state index contributed by atoms with van der Waals surface area (Å²) >= 11 is 5.76. The van der Waals surface area contributed by atoms with E-state index in [9.17, 15) is 18.7 Å². The van der Waals surface area contributed by atoms with Crippen molar-refractivity contribution in [2.45, 2.75) is 12.5 Å². The monoisotopic (exact) mass is 311 g/mol. The van der Waals surface area contributed by atoms with Gasteiger partial charge in [-0.25, -0.2) is 13.6 Å². The summed E-state index contributed by atoms with van der Waals surface area (Å²) < 4.78 is 25.0. The predicted octanol–water partition coefficient (Wildman–Crippen LogP) is 4.52. The lowest BCUT2D eigenvalue weighted by atomic mass is 10.0. The minimum atomic E-state index is -2.58. The third kappa shape index (κ3) is 3.92. The van der Waals surface area contributed by atoms with Crippen molar-refractivity contribution in [2.24, 2.45) is 0 Å². The normalized spacial score (nSPS) is 12.2. The van der Waals surface area contributed by atoms with Crippen molar-refractivity contribution in [2.75, 3.05) is 5.32 Å². The van der Waals surface area contributed by atoms with Crippen LogP contribution in [0.25, 0.3) is 0 Å². The van der Waals surface area contributed by atoms with Crippen molar-refractivity contribution in [3.63, 3.8) is 0 Å². The maximum atomic E-state index is 12.5. The highest BCUT2D eigenvalue weighted by Gasteiger charge is 2.20. The van der Waals surface area contributed by atoms with Gasteiger partial charge in [0.05, 0.1) is 0 Å². The van der Waals surface area contributed by atoms with Crippen molar-refractivity contribution >= 4 is 23.3 Å². The van der Waals surface area contributed by atoms with Crippen LogP contribution in [0.2, 0.25) is 5.02 Å². The first-order valence-electron chi connectivity index (χ1n) is 6.10. The molecule has 0 aliphatic heterocycles. The number of anilines is 1. The summed E-state index contributed by atoms with van der Waals surface area (Å²) in [6, 6.07) is 10.7. The lowest BCUT2D eigenvalue weighted by Crippen LogP contribution is -2.20. The Balaban J connectivity index is 2.22. The van der Waals surface area contributed by atoms with E-state index in [0.717, 1.165) is 0 Å². The van der Waals surface area contributed by atoms with Gasteiger partial charge in [-0.2, -0.15) is 0 Å². The minimum absolute atomic E-state index is 0.144. The fourth-order valence-corrected chi connectivity index (χ4v) is 1.96. The van der Waals surface area contributed by atoms with Crippen LogP contribution in [0.15, 0.2) is 48.5 Å². The van der Waals surface area contributed by atoms with Crippen molar-refractivity contribution < 1.29 is 18.7 Å². The molecule has 2 rings (SSSR count). The SMILES string of the molecule is O=C(O)C(Nc1ccc(Cl)cc1)c1ccc(C(F)F)cc1. The van der Waals surface area contributed by atoms with E-state index >= 15 is 0 Å². The molecule has 21 heavy (non-hydrogen) atoms. The average Bonchev–Trinajstić information content (AvgIpc) is 2.46. The summed E-state index contributed by atoms with van der Waals surface area (Å²) in [5, 5.41) is 12.6. The number of carboxylic acid groups (broad SMARTS) is 1. The zero-order valence-electron chi connectivity index (χ0n) is 10.8. The molecule has 0 fully saturated rings. The lowest BCUT2D eigenvalue weighted by molar-refractivity contribution is -0.138. The van der Waals surface area contributed by atoms with Crippen molar-refractivity contribution in [1.82, 2.24) is 0 Å². The van der Waals surface area contributed by atoms with Gasteiger partial charge in [-0.1, -0.05) is 35.9 Å². The molecule has 0 amide bonds.